The minimum atomic E-state index is -4.02. The van der Waals surface area contributed by atoms with Gasteiger partial charge in [-0.3, -0.25) is 0 Å². The van der Waals surface area contributed by atoms with Crippen LogP contribution in [0.15, 0.2) is 0 Å². The predicted molar refractivity (Wildman–Crippen MR) is 37.3 cm³/mol. The van der Waals surface area contributed by atoms with Crippen molar-refractivity contribution in [3.8, 4) is 0 Å². The van der Waals surface area contributed by atoms with Gasteiger partial charge in [0.15, 0.2) is 0 Å². The Hall–Kier alpha value is 0.100. The first-order valence-electron chi connectivity index (χ1n) is 2.85. The number of alkyl halides is 3. The Balaban J connectivity index is 3.04. The van der Waals surface area contributed by atoms with Crippen LogP contribution in [-0.2, 0) is 0 Å². The summed E-state index contributed by atoms with van der Waals surface area (Å²) in [6.07, 6.45) is -4.02. The van der Waals surface area contributed by atoms with Crippen LogP contribution in [0.4, 0.5) is 13.2 Å². The first kappa shape index (κ1) is 10.1. The molecule has 0 aliphatic heterocycles. The Morgan fingerprint density at radius 2 is 2.00 bits per heavy atom. The van der Waals surface area contributed by atoms with Gasteiger partial charge in [-0.2, -0.15) is 24.9 Å². The van der Waals surface area contributed by atoms with E-state index in [1.165, 1.54) is 0 Å². The Bertz CT molecular complexity index is 83.5. The molecular weight excluding hydrogens is 163 g/mol. The lowest BCUT2D eigenvalue weighted by molar-refractivity contribution is -0.105. The molecule has 0 aromatic rings. The van der Waals surface area contributed by atoms with Crippen molar-refractivity contribution in [3.05, 3.63) is 0 Å². The largest absolute Gasteiger partial charge is 0.397 e. The quantitative estimate of drug-likeness (QED) is 0.646. The molecule has 0 heterocycles. The van der Waals surface area contributed by atoms with Crippen molar-refractivity contribution in [2.24, 2.45) is 0 Å². The van der Waals surface area contributed by atoms with Crippen LogP contribution in [-0.4, -0.2) is 31.3 Å². The van der Waals surface area contributed by atoms with Crippen molar-refractivity contribution in [1.82, 2.24) is 5.32 Å². The molecule has 10 heavy (non-hydrogen) atoms. The van der Waals surface area contributed by atoms with Gasteiger partial charge in [-0.05, 0) is 7.05 Å². The zero-order valence-electron chi connectivity index (χ0n) is 5.66. The first-order valence-corrected chi connectivity index (χ1v) is 4.01. The third kappa shape index (κ3) is 8.10. The minimum Gasteiger partial charge on any atom is -0.319 e. The van der Waals surface area contributed by atoms with Gasteiger partial charge >= 0.3 is 6.18 Å². The average molecular weight is 173 g/mol. The average Bonchev–Trinajstić information content (AvgIpc) is 1.78. The molecule has 1 nitrogen and oxygen atoms in total. The summed E-state index contributed by atoms with van der Waals surface area (Å²) in [4.78, 5) is 0. The standard InChI is InChI=1S/C5H10F3NS/c1-9-2-3-10-4-5(6,7)8/h9H,2-4H2,1H3. The fraction of sp³-hybridized carbons (Fsp3) is 1.00. The van der Waals surface area contributed by atoms with Crippen LogP contribution in [0.5, 0.6) is 0 Å². The van der Waals surface area contributed by atoms with Gasteiger partial charge in [-0.15, -0.1) is 0 Å². The lowest BCUT2D eigenvalue weighted by Gasteiger charge is -2.04. The van der Waals surface area contributed by atoms with Crippen molar-refractivity contribution in [2.75, 3.05) is 25.1 Å². The van der Waals surface area contributed by atoms with Crippen molar-refractivity contribution < 1.29 is 13.2 Å². The SMILES string of the molecule is CNCCSCC(F)(F)F. The molecular formula is C5H10F3NS. The summed E-state index contributed by atoms with van der Waals surface area (Å²) in [5.41, 5.74) is 0. The van der Waals surface area contributed by atoms with Gasteiger partial charge in [0.05, 0.1) is 5.75 Å². The summed E-state index contributed by atoms with van der Waals surface area (Å²) < 4.78 is 34.3. The first-order chi connectivity index (χ1) is 4.56. The molecule has 0 aromatic heterocycles. The second-order valence-electron chi connectivity index (χ2n) is 1.77. The topological polar surface area (TPSA) is 12.0 Å². The Labute approximate surface area is 62.4 Å². The van der Waals surface area contributed by atoms with Gasteiger partial charge in [0.1, 0.15) is 0 Å². The molecule has 0 spiro atoms. The van der Waals surface area contributed by atoms with E-state index < -0.39 is 11.9 Å². The summed E-state index contributed by atoms with van der Waals surface area (Å²) in [5.74, 6) is -0.231. The van der Waals surface area contributed by atoms with Crippen molar-refractivity contribution >= 4 is 11.8 Å². The second kappa shape index (κ2) is 4.85. The maximum Gasteiger partial charge on any atom is 0.397 e. The van der Waals surface area contributed by atoms with Gasteiger partial charge in [-0.1, -0.05) is 0 Å². The zero-order chi connectivity index (χ0) is 8.04. The van der Waals surface area contributed by atoms with Crippen LogP contribution >= 0.6 is 11.8 Å². The van der Waals surface area contributed by atoms with Gasteiger partial charge in [0, 0.05) is 12.3 Å². The number of hydrogen-bond acceptors (Lipinski definition) is 2. The summed E-state index contributed by atoms with van der Waals surface area (Å²) in [7, 11) is 1.72. The molecule has 0 unspecified atom stereocenters. The molecule has 0 rings (SSSR count). The molecule has 5 heteroatoms. The molecule has 0 bridgehead atoms. The normalized spacial score (nSPS) is 12.0. The molecule has 0 saturated heterocycles. The molecule has 0 aromatic carbocycles. The molecule has 1 N–H and O–H groups in total. The van der Waals surface area contributed by atoms with Crippen molar-refractivity contribution in [1.29, 1.82) is 0 Å². The van der Waals surface area contributed by atoms with Crippen LogP contribution in [0.1, 0.15) is 0 Å². The lowest BCUT2D eigenvalue weighted by Crippen LogP contribution is -2.15. The van der Waals surface area contributed by atoms with E-state index in [1.54, 1.807) is 7.05 Å². The summed E-state index contributed by atoms with van der Waals surface area (Å²) in [5, 5.41) is 2.77. The highest BCUT2D eigenvalue weighted by Crippen LogP contribution is 2.20. The third-order valence-corrected chi connectivity index (χ3v) is 1.79. The third-order valence-electron chi connectivity index (χ3n) is 0.762. The molecule has 0 aliphatic carbocycles. The highest BCUT2D eigenvalue weighted by atomic mass is 32.2. The molecule has 0 aliphatic rings. The Morgan fingerprint density at radius 3 is 2.40 bits per heavy atom. The number of halogens is 3. The van der Waals surface area contributed by atoms with E-state index in [-0.39, 0.29) is 0 Å². The molecule has 0 atom stereocenters. The van der Waals surface area contributed by atoms with E-state index in [4.69, 9.17) is 0 Å². The summed E-state index contributed by atoms with van der Waals surface area (Å²) in [6, 6.07) is 0. The van der Waals surface area contributed by atoms with E-state index in [0.29, 0.717) is 12.3 Å². The van der Waals surface area contributed by atoms with Crippen LogP contribution in [0.2, 0.25) is 0 Å². The van der Waals surface area contributed by atoms with Crippen LogP contribution < -0.4 is 5.32 Å². The number of nitrogens with one attached hydrogen (secondary N) is 1. The molecule has 0 radical (unpaired) electrons. The van der Waals surface area contributed by atoms with Crippen molar-refractivity contribution in [3.63, 3.8) is 0 Å². The number of thioether (sulfide) groups is 1. The van der Waals surface area contributed by atoms with E-state index in [9.17, 15) is 13.2 Å². The van der Waals surface area contributed by atoms with Crippen LogP contribution in [0, 0.1) is 0 Å². The number of hydrogen-bond donors (Lipinski definition) is 1. The van der Waals surface area contributed by atoms with E-state index in [0.717, 1.165) is 11.8 Å². The fourth-order valence-electron chi connectivity index (χ4n) is 0.362. The highest BCUT2D eigenvalue weighted by molar-refractivity contribution is 7.99. The summed E-state index contributed by atoms with van der Waals surface area (Å²) in [6.45, 7) is 0.626. The molecule has 0 fully saturated rings. The fourth-order valence-corrected chi connectivity index (χ4v) is 1.09. The zero-order valence-corrected chi connectivity index (χ0v) is 6.48. The predicted octanol–water partition coefficient (Wildman–Crippen LogP) is 1.50. The lowest BCUT2D eigenvalue weighted by atomic mass is 10.8. The highest BCUT2D eigenvalue weighted by Gasteiger charge is 2.26. The monoisotopic (exact) mass is 173 g/mol. The molecule has 0 saturated carbocycles. The molecule has 0 amide bonds. The van der Waals surface area contributed by atoms with E-state index in [2.05, 4.69) is 5.32 Å². The van der Waals surface area contributed by atoms with Gasteiger partial charge in [0.25, 0.3) is 0 Å². The van der Waals surface area contributed by atoms with E-state index >= 15 is 0 Å². The Morgan fingerprint density at radius 1 is 1.40 bits per heavy atom. The Kier molecular flexibility index (Phi) is 4.89. The smallest absolute Gasteiger partial charge is 0.319 e. The minimum absolute atomic E-state index is 0.510. The maximum atomic E-state index is 11.4. The van der Waals surface area contributed by atoms with Gasteiger partial charge < -0.3 is 5.32 Å². The van der Waals surface area contributed by atoms with Gasteiger partial charge in [-0.25, -0.2) is 0 Å². The maximum absolute atomic E-state index is 11.4. The molecule has 62 valence electrons. The van der Waals surface area contributed by atoms with Crippen molar-refractivity contribution in [2.45, 2.75) is 6.18 Å². The van der Waals surface area contributed by atoms with Crippen LogP contribution in [0.3, 0.4) is 0 Å². The van der Waals surface area contributed by atoms with Crippen LogP contribution in [0.25, 0.3) is 0 Å². The van der Waals surface area contributed by atoms with E-state index in [1.807, 2.05) is 0 Å². The summed E-state index contributed by atoms with van der Waals surface area (Å²) >= 11 is 0.897. The van der Waals surface area contributed by atoms with Gasteiger partial charge in [0.2, 0.25) is 0 Å². The second-order valence-corrected chi connectivity index (χ2v) is 2.88. The number of rotatable bonds is 4.